The van der Waals surface area contributed by atoms with Gasteiger partial charge in [-0.25, -0.2) is 0 Å². The minimum absolute atomic E-state index is 0.00903. The van der Waals surface area contributed by atoms with Crippen molar-refractivity contribution >= 4 is 11.9 Å². The third-order valence-corrected chi connectivity index (χ3v) is 13.0. The van der Waals surface area contributed by atoms with Crippen molar-refractivity contribution in [2.75, 3.05) is 13.2 Å². The van der Waals surface area contributed by atoms with Crippen LogP contribution in [0.25, 0.3) is 0 Å². The average molecular weight is 939 g/mol. The molecule has 0 aliphatic carbocycles. The minimum atomic E-state index is -0.851. The number of hydrogen-bond donors (Lipinski definition) is 3. The second-order valence-electron chi connectivity index (χ2n) is 19.6. The first-order valence-electron chi connectivity index (χ1n) is 29.1. The number of amides is 1. The lowest BCUT2D eigenvalue weighted by Crippen LogP contribution is -2.45. The van der Waals surface area contributed by atoms with Crippen molar-refractivity contribution < 1.29 is 24.5 Å². The number of ether oxygens (including phenoxy) is 1. The zero-order chi connectivity index (χ0) is 48.6. The largest absolute Gasteiger partial charge is 0.466 e. The van der Waals surface area contributed by atoms with Gasteiger partial charge in [-0.3, -0.25) is 9.59 Å². The standard InChI is InChI=1S/C61H111NO5/c1-3-5-7-9-11-13-15-17-31-35-39-43-47-51-55-61(66)67-56-52-48-44-40-36-32-28-26-24-22-20-18-19-21-23-25-27-30-34-38-42-46-50-54-60(65)62-58(57-63)59(64)53-49-45-41-37-33-29-16-14-12-10-8-6-4-2/h9,11,15,17-18,20-21,23,49,53,58-59,63-64H,3-8,10,12-14,16,19,22,24-48,50-52,54-57H2,1-2H3,(H,62,65)/b11-9-,17-15-,20-18-,23-21-,53-49+. The van der Waals surface area contributed by atoms with Gasteiger partial charge in [-0.05, 0) is 89.9 Å². The topological polar surface area (TPSA) is 95.9 Å². The highest BCUT2D eigenvalue weighted by atomic mass is 16.5. The summed E-state index contributed by atoms with van der Waals surface area (Å²) in [6.07, 6.45) is 72.4. The van der Waals surface area contributed by atoms with Crippen molar-refractivity contribution in [3.8, 4) is 0 Å². The summed E-state index contributed by atoms with van der Waals surface area (Å²) in [5.41, 5.74) is 0. The third kappa shape index (κ3) is 52.8. The first kappa shape index (κ1) is 64.6. The van der Waals surface area contributed by atoms with Crippen LogP contribution in [0.2, 0.25) is 0 Å². The van der Waals surface area contributed by atoms with Gasteiger partial charge in [0.2, 0.25) is 5.91 Å². The summed E-state index contributed by atoms with van der Waals surface area (Å²) in [6, 6.07) is -0.636. The summed E-state index contributed by atoms with van der Waals surface area (Å²) in [4.78, 5) is 24.5. The highest BCUT2D eigenvalue weighted by Gasteiger charge is 2.18. The summed E-state index contributed by atoms with van der Waals surface area (Å²) in [7, 11) is 0. The summed E-state index contributed by atoms with van der Waals surface area (Å²) in [5.74, 6) is -0.0889. The van der Waals surface area contributed by atoms with E-state index >= 15 is 0 Å². The van der Waals surface area contributed by atoms with Crippen LogP contribution in [0.3, 0.4) is 0 Å². The number of rotatable bonds is 53. The van der Waals surface area contributed by atoms with Crippen LogP contribution in [0, 0.1) is 0 Å². The van der Waals surface area contributed by atoms with Crippen molar-refractivity contribution in [1.29, 1.82) is 0 Å². The van der Waals surface area contributed by atoms with E-state index in [0.29, 0.717) is 19.4 Å². The van der Waals surface area contributed by atoms with Crippen molar-refractivity contribution in [2.45, 2.75) is 302 Å². The molecule has 2 atom stereocenters. The highest BCUT2D eigenvalue weighted by molar-refractivity contribution is 5.76. The van der Waals surface area contributed by atoms with Gasteiger partial charge in [-0.2, -0.15) is 0 Å². The van der Waals surface area contributed by atoms with Crippen molar-refractivity contribution in [3.05, 3.63) is 60.8 Å². The maximum Gasteiger partial charge on any atom is 0.305 e. The Balaban J connectivity index is 3.48. The summed E-state index contributed by atoms with van der Waals surface area (Å²) in [6.45, 7) is 4.84. The Hall–Kier alpha value is -2.44. The first-order valence-corrected chi connectivity index (χ1v) is 29.1. The molecule has 1 amide bonds. The number of carbonyl (C=O) groups excluding carboxylic acids is 2. The highest BCUT2D eigenvalue weighted by Crippen LogP contribution is 2.15. The van der Waals surface area contributed by atoms with Gasteiger partial charge in [0.1, 0.15) is 0 Å². The van der Waals surface area contributed by atoms with E-state index in [1.54, 1.807) is 6.08 Å². The van der Waals surface area contributed by atoms with Gasteiger partial charge in [0, 0.05) is 12.8 Å². The molecule has 0 heterocycles. The quantitative estimate of drug-likeness (QED) is 0.0321. The predicted molar refractivity (Wildman–Crippen MR) is 292 cm³/mol. The molecule has 0 rings (SSSR count). The van der Waals surface area contributed by atoms with Crippen LogP contribution in [0.15, 0.2) is 60.8 Å². The molecule has 0 aromatic heterocycles. The van der Waals surface area contributed by atoms with E-state index in [1.165, 1.54) is 193 Å². The van der Waals surface area contributed by atoms with Gasteiger partial charge >= 0.3 is 5.97 Å². The molecular formula is C61H111NO5. The number of hydrogen-bond acceptors (Lipinski definition) is 5. The zero-order valence-electron chi connectivity index (χ0n) is 44.4. The molecular weight excluding hydrogens is 827 g/mol. The number of allylic oxidation sites excluding steroid dienone is 9. The maximum absolute atomic E-state index is 12.4. The van der Waals surface area contributed by atoms with Crippen LogP contribution in [0.5, 0.6) is 0 Å². The fourth-order valence-corrected chi connectivity index (χ4v) is 8.50. The number of esters is 1. The Kier molecular flexibility index (Phi) is 54.1. The van der Waals surface area contributed by atoms with Crippen LogP contribution >= 0.6 is 0 Å². The van der Waals surface area contributed by atoms with E-state index in [9.17, 15) is 19.8 Å². The minimum Gasteiger partial charge on any atom is -0.466 e. The summed E-state index contributed by atoms with van der Waals surface area (Å²) >= 11 is 0. The number of aliphatic hydroxyl groups is 2. The zero-order valence-corrected chi connectivity index (χ0v) is 44.4. The molecule has 390 valence electrons. The van der Waals surface area contributed by atoms with E-state index in [4.69, 9.17) is 4.74 Å². The predicted octanol–water partition coefficient (Wildman–Crippen LogP) is 18.0. The molecule has 0 aliphatic heterocycles. The summed E-state index contributed by atoms with van der Waals surface area (Å²) in [5, 5.41) is 23.0. The van der Waals surface area contributed by atoms with Gasteiger partial charge < -0.3 is 20.3 Å². The van der Waals surface area contributed by atoms with Crippen LogP contribution in [-0.2, 0) is 14.3 Å². The van der Waals surface area contributed by atoms with E-state index in [1.807, 2.05) is 6.08 Å². The van der Waals surface area contributed by atoms with Gasteiger partial charge in [0.15, 0.2) is 0 Å². The Morgan fingerprint density at radius 2 is 0.761 bits per heavy atom. The van der Waals surface area contributed by atoms with Gasteiger partial charge in [0.25, 0.3) is 0 Å². The van der Waals surface area contributed by atoms with E-state index in [0.717, 1.165) is 70.6 Å². The van der Waals surface area contributed by atoms with Crippen molar-refractivity contribution in [1.82, 2.24) is 5.32 Å². The third-order valence-electron chi connectivity index (χ3n) is 13.0. The lowest BCUT2D eigenvalue weighted by molar-refractivity contribution is -0.143. The van der Waals surface area contributed by atoms with Gasteiger partial charge in [-0.1, -0.05) is 248 Å². The monoisotopic (exact) mass is 938 g/mol. The lowest BCUT2D eigenvalue weighted by atomic mass is 10.0. The van der Waals surface area contributed by atoms with E-state index in [-0.39, 0.29) is 18.5 Å². The molecule has 67 heavy (non-hydrogen) atoms. The molecule has 0 saturated carbocycles. The second kappa shape index (κ2) is 56.2. The molecule has 0 aromatic carbocycles. The number of unbranched alkanes of at least 4 members (excludes halogenated alkanes) is 34. The first-order chi connectivity index (χ1) is 33.0. The van der Waals surface area contributed by atoms with Crippen LogP contribution in [0.4, 0.5) is 0 Å². The molecule has 2 unspecified atom stereocenters. The van der Waals surface area contributed by atoms with E-state index < -0.39 is 12.1 Å². The molecule has 3 N–H and O–H groups in total. The number of nitrogens with one attached hydrogen (secondary N) is 1. The Morgan fingerprint density at radius 3 is 1.18 bits per heavy atom. The molecule has 0 aliphatic rings. The van der Waals surface area contributed by atoms with Crippen molar-refractivity contribution in [2.24, 2.45) is 0 Å². The van der Waals surface area contributed by atoms with Crippen molar-refractivity contribution in [3.63, 3.8) is 0 Å². The van der Waals surface area contributed by atoms with Gasteiger partial charge in [-0.15, -0.1) is 0 Å². The van der Waals surface area contributed by atoms with E-state index in [2.05, 4.69) is 67.8 Å². The smallest absolute Gasteiger partial charge is 0.305 e. The molecule has 0 fully saturated rings. The molecule has 0 radical (unpaired) electrons. The molecule has 0 aromatic rings. The summed E-state index contributed by atoms with van der Waals surface area (Å²) < 4.78 is 5.46. The lowest BCUT2D eigenvalue weighted by Gasteiger charge is -2.20. The molecule has 6 nitrogen and oxygen atoms in total. The molecule has 0 saturated heterocycles. The maximum atomic E-state index is 12.4. The molecule has 0 spiro atoms. The Bertz CT molecular complexity index is 1170. The second-order valence-corrected chi connectivity index (χ2v) is 19.6. The molecule has 6 heteroatoms. The fraction of sp³-hybridized carbons (Fsp3) is 0.803. The number of carbonyl (C=O) groups is 2. The van der Waals surface area contributed by atoms with Crippen LogP contribution in [0.1, 0.15) is 290 Å². The Morgan fingerprint density at radius 1 is 0.418 bits per heavy atom. The molecule has 0 bridgehead atoms. The normalized spacial score (nSPS) is 13.1. The van der Waals surface area contributed by atoms with Crippen LogP contribution < -0.4 is 5.32 Å². The fourth-order valence-electron chi connectivity index (χ4n) is 8.50. The van der Waals surface area contributed by atoms with Crippen LogP contribution in [-0.4, -0.2) is 47.4 Å². The Labute approximate surface area is 416 Å². The average Bonchev–Trinajstić information content (AvgIpc) is 3.33. The SMILES string of the molecule is CCCC/C=C\C/C=C\CCCCCCCC(=O)OCCCCCCCCCCC/C=C\C/C=C\CCCCCCCCCC(=O)NC(CO)C(O)/C=C/CCCCCCCCCCCCC. The van der Waals surface area contributed by atoms with Gasteiger partial charge in [0.05, 0.1) is 25.4 Å². The number of aliphatic hydroxyl groups excluding tert-OH is 2.